The second-order valence-electron chi connectivity index (χ2n) is 3.85. The first kappa shape index (κ1) is 18.4. The smallest absolute Gasteiger partial charge is 0.354 e. The van der Waals surface area contributed by atoms with Crippen LogP contribution in [0.2, 0.25) is 0 Å². The van der Waals surface area contributed by atoms with Crippen LogP contribution in [-0.2, 0) is 19.1 Å². The van der Waals surface area contributed by atoms with Gasteiger partial charge in [0.15, 0.2) is 0 Å². The average Bonchev–Trinajstić information content (AvgIpc) is 2.52. The van der Waals surface area contributed by atoms with Gasteiger partial charge in [-0.3, -0.25) is 0 Å². The maximum atomic E-state index is 11.7. The molecule has 1 aromatic carbocycles. The second-order valence-corrected chi connectivity index (χ2v) is 5.18. The largest absolute Gasteiger partial charge is 0.466 e. The normalized spacial score (nSPS) is 10.7. The Bertz CT molecular complexity index is 637. The van der Waals surface area contributed by atoms with Crippen LogP contribution in [0, 0.1) is 0 Å². The van der Waals surface area contributed by atoms with Gasteiger partial charge < -0.3 is 14.8 Å². The van der Waals surface area contributed by atoms with Crippen LogP contribution in [0.3, 0.4) is 0 Å². The molecule has 0 saturated heterocycles. The van der Waals surface area contributed by atoms with E-state index in [1.807, 2.05) is 0 Å². The van der Waals surface area contributed by atoms with E-state index >= 15 is 0 Å². The predicted molar refractivity (Wildman–Crippen MR) is 86.7 cm³/mol. The van der Waals surface area contributed by atoms with Crippen molar-refractivity contribution in [2.75, 3.05) is 19.5 Å². The van der Waals surface area contributed by atoms with Gasteiger partial charge in [0.05, 0.1) is 25.3 Å². The Morgan fingerprint density at radius 3 is 2.36 bits per heavy atom. The van der Waals surface area contributed by atoms with Gasteiger partial charge >= 0.3 is 11.9 Å². The molecule has 0 radical (unpaired) electrons. The zero-order valence-corrected chi connectivity index (χ0v) is 13.9. The minimum Gasteiger partial charge on any atom is -0.466 e. The average molecular weight is 365 g/mol. The molecule has 0 saturated carbocycles. The lowest BCUT2D eigenvalue weighted by molar-refractivity contribution is -0.138. The summed E-state index contributed by atoms with van der Waals surface area (Å²) in [5, 5.41) is 2.90. The summed E-state index contributed by atoms with van der Waals surface area (Å²) in [5.41, 5.74) is 0.920. The van der Waals surface area contributed by atoms with Crippen LogP contribution in [0.25, 0.3) is 5.03 Å². The minimum atomic E-state index is -0.729. The molecule has 0 heterocycles. The number of rotatable bonds is 5. The van der Waals surface area contributed by atoms with Gasteiger partial charge in [-0.25, -0.2) is 9.59 Å². The molecule has 0 aliphatic carbocycles. The monoisotopic (exact) mass is 363 g/mol. The topological polar surface area (TPSA) is 64.6 Å². The molecule has 0 aliphatic heterocycles. The number of benzene rings is 1. The number of anilines is 1. The molecule has 0 fully saturated rings. The van der Waals surface area contributed by atoms with Gasteiger partial charge in [0.2, 0.25) is 0 Å². The van der Waals surface area contributed by atoms with Gasteiger partial charge in [-0.2, -0.15) is 0 Å². The molecule has 0 unspecified atom stereocenters. The first-order valence-corrected chi connectivity index (χ1v) is 6.98. The minimum absolute atomic E-state index is 0.0860. The molecule has 8 heteroatoms. The van der Waals surface area contributed by atoms with Gasteiger partial charge in [-0.05, 0) is 17.7 Å². The maximum absolute atomic E-state index is 11.7. The number of methoxy groups -OCH3 is 2. The van der Waals surface area contributed by atoms with Crippen molar-refractivity contribution in [2.24, 2.45) is 0 Å². The van der Waals surface area contributed by atoms with E-state index in [2.05, 4.69) is 14.8 Å². The molecule has 0 aliphatic rings. The van der Waals surface area contributed by atoms with Gasteiger partial charge in [0, 0.05) is 5.69 Å². The summed E-state index contributed by atoms with van der Waals surface area (Å²) in [5.74, 6) is -1.43. The molecule has 1 rings (SSSR count). The molecule has 0 atom stereocenters. The molecule has 0 bridgehead atoms. The zero-order chi connectivity index (χ0) is 16.7. The number of carbonyl (C=O) groups is 2. The summed E-state index contributed by atoms with van der Waals surface area (Å²) < 4.78 is 8.98. The lowest BCUT2D eigenvalue weighted by atomic mass is 10.2. The Morgan fingerprint density at radius 1 is 1.14 bits per heavy atom. The summed E-state index contributed by atoms with van der Waals surface area (Å²) in [6, 6.07) is 6.61. The van der Waals surface area contributed by atoms with Crippen LogP contribution in [0.1, 0.15) is 5.56 Å². The number of carbonyl (C=O) groups excluding carboxylic acids is 2. The fourth-order valence-electron chi connectivity index (χ4n) is 1.43. The SMILES string of the molecule is COC(=O)/C=C(/Nc1cccc(C(Cl)=C(Cl)Cl)c1)C(=O)OC. The van der Waals surface area contributed by atoms with Crippen molar-refractivity contribution in [3.63, 3.8) is 0 Å². The molecule has 118 valence electrons. The van der Waals surface area contributed by atoms with E-state index in [9.17, 15) is 9.59 Å². The highest BCUT2D eigenvalue weighted by Crippen LogP contribution is 2.29. The van der Waals surface area contributed by atoms with E-state index in [1.165, 1.54) is 14.2 Å². The Hall–Kier alpha value is -1.69. The number of ether oxygens (including phenoxy) is 2. The Kier molecular flexibility index (Phi) is 7.24. The third-order valence-corrected chi connectivity index (χ3v) is 3.41. The van der Waals surface area contributed by atoms with Crippen LogP contribution >= 0.6 is 34.8 Å². The summed E-state index contributed by atoms with van der Waals surface area (Å²) in [6.07, 6.45) is 0.977. The molecule has 1 aromatic rings. The van der Waals surface area contributed by atoms with E-state index in [4.69, 9.17) is 34.8 Å². The maximum Gasteiger partial charge on any atom is 0.354 e. The predicted octanol–water partition coefficient (Wildman–Crippen LogP) is 3.67. The van der Waals surface area contributed by atoms with Crippen LogP contribution in [0.15, 0.2) is 40.5 Å². The van der Waals surface area contributed by atoms with Crippen LogP contribution in [-0.4, -0.2) is 26.2 Å². The molecule has 0 aromatic heterocycles. The molecule has 22 heavy (non-hydrogen) atoms. The molecule has 5 nitrogen and oxygen atoms in total. The number of halogens is 3. The zero-order valence-electron chi connectivity index (χ0n) is 11.7. The first-order valence-electron chi connectivity index (χ1n) is 5.85. The van der Waals surface area contributed by atoms with Crippen LogP contribution in [0.4, 0.5) is 5.69 Å². The van der Waals surface area contributed by atoms with Crippen LogP contribution in [0.5, 0.6) is 0 Å². The van der Waals surface area contributed by atoms with Crippen molar-refractivity contribution in [1.29, 1.82) is 0 Å². The number of esters is 2. The van der Waals surface area contributed by atoms with Gasteiger partial charge in [0.25, 0.3) is 0 Å². The second kappa shape index (κ2) is 8.68. The lowest BCUT2D eigenvalue weighted by Crippen LogP contribution is -2.15. The Morgan fingerprint density at radius 2 is 1.82 bits per heavy atom. The van der Waals surface area contributed by atoms with E-state index in [-0.39, 0.29) is 15.2 Å². The van der Waals surface area contributed by atoms with Crippen molar-refractivity contribution in [1.82, 2.24) is 0 Å². The third kappa shape index (κ3) is 5.26. The van der Waals surface area contributed by atoms with E-state index in [1.54, 1.807) is 24.3 Å². The highest BCUT2D eigenvalue weighted by molar-refractivity contribution is 6.66. The van der Waals surface area contributed by atoms with Crippen LogP contribution < -0.4 is 5.32 Å². The third-order valence-electron chi connectivity index (χ3n) is 2.43. The van der Waals surface area contributed by atoms with Crippen molar-refractivity contribution in [3.05, 3.63) is 46.1 Å². The fraction of sp³-hybridized carbons (Fsp3) is 0.143. The molecule has 0 amide bonds. The van der Waals surface area contributed by atoms with E-state index < -0.39 is 11.9 Å². The molecular formula is C14H12Cl3NO4. The van der Waals surface area contributed by atoms with Gasteiger partial charge in [-0.15, -0.1) is 0 Å². The van der Waals surface area contributed by atoms with Gasteiger partial charge in [0.1, 0.15) is 10.2 Å². The highest BCUT2D eigenvalue weighted by atomic mass is 35.5. The quantitative estimate of drug-likeness (QED) is 0.638. The van der Waals surface area contributed by atoms with Crippen molar-refractivity contribution in [2.45, 2.75) is 0 Å². The van der Waals surface area contributed by atoms with Crippen molar-refractivity contribution >= 4 is 57.5 Å². The summed E-state index contributed by atoms with van der Waals surface area (Å²) in [7, 11) is 2.39. The molecular weight excluding hydrogens is 353 g/mol. The Balaban J connectivity index is 3.12. The van der Waals surface area contributed by atoms with Gasteiger partial charge in [-0.1, -0.05) is 46.9 Å². The van der Waals surface area contributed by atoms with E-state index in [0.717, 1.165) is 6.08 Å². The standard InChI is InChI=1S/C14H12Cl3NO4/c1-21-11(19)7-10(14(20)22-2)18-9-5-3-4-8(6-9)12(15)13(16)17/h3-7,18H,1-2H3/b10-7+. The van der Waals surface area contributed by atoms with E-state index in [0.29, 0.717) is 11.3 Å². The summed E-state index contributed by atoms with van der Waals surface area (Å²) in [4.78, 5) is 22.9. The van der Waals surface area contributed by atoms with Crippen molar-refractivity contribution < 1.29 is 19.1 Å². The molecule has 1 N–H and O–H groups in total. The number of hydrogen-bond acceptors (Lipinski definition) is 5. The molecule has 0 spiro atoms. The van der Waals surface area contributed by atoms with Crippen molar-refractivity contribution in [3.8, 4) is 0 Å². The number of hydrogen-bond donors (Lipinski definition) is 1. The number of nitrogens with one attached hydrogen (secondary N) is 1. The summed E-state index contributed by atoms with van der Waals surface area (Å²) >= 11 is 17.2. The Labute approximate surface area is 142 Å². The fourth-order valence-corrected chi connectivity index (χ4v) is 1.77. The highest BCUT2D eigenvalue weighted by Gasteiger charge is 2.13. The lowest BCUT2D eigenvalue weighted by Gasteiger charge is -2.10. The first-order chi connectivity index (χ1) is 10.4. The summed E-state index contributed by atoms with van der Waals surface area (Å²) in [6.45, 7) is 0.